The van der Waals surface area contributed by atoms with Crippen LogP contribution in [0.2, 0.25) is 0 Å². The lowest BCUT2D eigenvalue weighted by atomic mass is 9.90. The minimum absolute atomic E-state index is 0.171. The molecule has 49 heavy (non-hydrogen) atoms. The van der Waals surface area contributed by atoms with E-state index in [-0.39, 0.29) is 23.1 Å². The lowest BCUT2D eigenvalue weighted by Gasteiger charge is -2.43. The fourth-order valence-corrected chi connectivity index (χ4v) is 7.61. The average molecular weight is 663 g/mol. The van der Waals surface area contributed by atoms with E-state index in [0.717, 1.165) is 57.9 Å². The number of aliphatic hydroxyl groups is 1. The third-order valence-electron chi connectivity index (χ3n) is 10.3. The summed E-state index contributed by atoms with van der Waals surface area (Å²) in [5.74, 6) is 0.920. The van der Waals surface area contributed by atoms with Gasteiger partial charge in [0, 0.05) is 74.3 Å². The van der Waals surface area contributed by atoms with Crippen molar-refractivity contribution in [2.45, 2.75) is 52.8 Å². The topological polar surface area (TPSA) is 122 Å². The van der Waals surface area contributed by atoms with E-state index in [4.69, 9.17) is 4.74 Å². The first-order valence-corrected chi connectivity index (χ1v) is 17.1. The van der Waals surface area contributed by atoms with Crippen LogP contribution in [-0.4, -0.2) is 78.9 Å². The van der Waals surface area contributed by atoms with Gasteiger partial charge in [0.15, 0.2) is 0 Å². The second-order valence-electron chi connectivity index (χ2n) is 14.2. The van der Waals surface area contributed by atoms with Gasteiger partial charge >= 0.3 is 0 Å². The molecule has 0 amide bonds. The van der Waals surface area contributed by atoms with Crippen molar-refractivity contribution in [1.82, 2.24) is 28.4 Å². The van der Waals surface area contributed by atoms with Crippen molar-refractivity contribution in [1.29, 1.82) is 0 Å². The Morgan fingerprint density at radius 1 is 1.00 bits per heavy atom. The van der Waals surface area contributed by atoms with Gasteiger partial charge in [0.1, 0.15) is 22.8 Å². The second kappa shape index (κ2) is 12.3. The average Bonchev–Trinajstić information content (AvgIpc) is 3.57. The van der Waals surface area contributed by atoms with Gasteiger partial charge in [0.25, 0.3) is 11.1 Å². The molecule has 12 nitrogen and oxygen atoms in total. The van der Waals surface area contributed by atoms with Crippen LogP contribution in [-0.2, 0) is 30.7 Å². The maximum absolute atomic E-state index is 13.8. The Morgan fingerprint density at radius 3 is 2.51 bits per heavy atom. The molecule has 0 spiro atoms. The first kappa shape index (κ1) is 31.5. The number of anilines is 3. The summed E-state index contributed by atoms with van der Waals surface area (Å²) in [4.78, 5) is 41.4. The number of pyridine rings is 3. The minimum atomic E-state index is -0.346. The van der Waals surface area contributed by atoms with Crippen LogP contribution in [0.15, 0.2) is 70.9 Å². The van der Waals surface area contributed by atoms with Crippen molar-refractivity contribution >= 4 is 22.7 Å². The van der Waals surface area contributed by atoms with Gasteiger partial charge in [-0.2, -0.15) is 0 Å². The van der Waals surface area contributed by atoms with Crippen LogP contribution >= 0.6 is 0 Å². The zero-order valence-corrected chi connectivity index (χ0v) is 28.2. The molecule has 0 radical (unpaired) electrons. The molecular formula is C37H42N8O4. The molecule has 2 saturated heterocycles. The van der Waals surface area contributed by atoms with Gasteiger partial charge in [-0.1, -0.05) is 13.8 Å². The van der Waals surface area contributed by atoms with Crippen LogP contribution in [0.3, 0.4) is 0 Å². The highest BCUT2D eigenvalue weighted by Crippen LogP contribution is 2.37. The number of nitrogens with zero attached hydrogens (tertiary/aromatic N) is 7. The first-order chi connectivity index (χ1) is 23.7. The molecular weight excluding hydrogens is 620 g/mol. The Labute approximate surface area is 284 Å². The van der Waals surface area contributed by atoms with E-state index in [1.165, 1.54) is 15.8 Å². The molecule has 2 fully saturated rings. The van der Waals surface area contributed by atoms with Crippen LogP contribution in [0.4, 0.5) is 17.2 Å². The maximum Gasteiger partial charge on any atom is 0.280 e. The zero-order chi connectivity index (χ0) is 33.9. The Bertz CT molecular complexity index is 2150. The van der Waals surface area contributed by atoms with Gasteiger partial charge in [-0.05, 0) is 66.6 Å². The van der Waals surface area contributed by atoms with Crippen LogP contribution in [0.5, 0.6) is 0 Å². The first-order valence-electron chi connectivity index (χ1n) is 17.1. The Kier molecular flexibility index (Phi) is 7.89. The van der Waals surface area contributed by atoms with Crippen LogP contribution in [0.25, 0.3) is 22.5 Å². The highest BCUT2D eigenvalue weighted by atomic mass is 16.5. The van der Waals surface area contributed by atoms with Gasteiger partial charge in [0.2, 0.25) is 0 Å². The molecule has 5 aromatic rings. The summed E-state index contributed by atoms with van der Waals surface area (Å²) in [6.45, 7) is 12.0. The summed E-state index contributed by atoms with van der Waals surface area (Å²) >= 11 is 0. The molecule has 0 aromatic carbocycles. The molecule has 0 saturated carbocycles. The Hall–Kier alpha value is -4.78. The molecule has 7 heterocycles. The number of hydrogen-bond donors (Lipinski definition) is 2. The van der Waals surface area contributed by atoms with Gasteiger partial charge in [-0.25, -0.2) is 9.97 Å². The number of nitrogens with one attached hydrogen (secondary N) is 1. The number of hydrogen-bond acceptors (Lipinski definition) is 9. The SMILES string of the molecule is CCn1cc(-c2ccnc(-n3ccn4c5c(cc4c3=O)CC(C)(C)C5)c2CO)cc(Nc2ccc(N3CCN(C4COC4)CC3)cn2)c1=O. The zero-order valence-electron chi connectivity index (χ0n) is 28.2. The van der Waals surface area contributed by atoms with E-state index < -0.39 is 0 Å². The molecule has 2 N–H and O–H groups in total. The van der Waals surface area contributed by atoms with Gasteiger partial charge in [-0.15, -0.1) is 0 Å². The number of fused-ring (bicyclic) bond motifs is 3. The highest BCUT2D eigenvalue weighted by Gasteiger charge is 2.32. The predicted molar refractivity (Wildman–Crippen MR) is 189 cm³/mol. The minimum Gasteiger partial charge on any atom is -0.392 e. The Morgan fingerprint density at radius 2 is 1.82 bits per heavy atom. The third kappa shape index (κ3) is 5.63. The fourth-order valence-electron chi connectivity index (χ4n) is 7.61. The summed E-state index contributed by atoms with van der Waals surface area (Å²) in [5.41, 5.74) is 6.06. The van der Waals surface area contributed by atoms with Crippen LogP contribution in [0, 0.1) is 5.41 Å². The fraction of sp³-hybridized carbons (Fsp3) is 0.405. The lowest BCUT2D eigenvalue weighted by Crippen LogP contribution is -2.56. The molecule has 8 rings (SSSR count). The lowest BCUT2D eigenvalue weighted by molar-refractivity contribution is -0.0660. The van der Waals surface area contributed by atoms with Crippen LogP contribution in [0.1, 0.15) is 37.6 Å². The van der Waals surface area contributed by atoms with E-state index in [1.54, 1.807) is 35.3 Å². The van der Waals surface area contributed by atoms with Gasteiger partial charge < -0.3 is 29.0 Å². The summed E-state index contributed by atoms with van der Waals surface area (Å²) in [7, 11) is 0. The highest BCUT2D eigenvalue weighted by molar-refractivity contribution is 5.73. The third-order valence-corrected chi connectivity index (χ3v) is 10.3. The number of ether oxygens (including phenoxy) is 1. The van der Waals surface area contributed by atoms with E-state index in [1.807, 2.05) is 41.9 Å². The summed E-state index contributed by atoms with van der Waals surface area (Å²) in [5, 5.41) is 13.9. The van der Waals surface area contributed by atoms with Crippen molar-refractivity contribution in [2.24, 2.45) is 5.41 Å². The molecule has 254 valence electrons. The van der Waals surface area contributed by atoms with Crippen molar-refractivity contribution in [3.8, 4) is 16.9 Å². The van der Waals surface area contributed by atoms with E-state index in [0.29, 0.717) is 52.1 Å². The van der Waals surface area contributed by atoms with Crippen molar-refractivity contribution in [2.75, 3.05) is 49.6 Å². The maximum atomic E-state index is 13.8. The van der Waals surface area contributed by atoms with Gasteiger partial charge in [-0.3, -0.25) is 19.1 Å². The molecule has 1 aliphatic carbocycles. The van der Waals surface area contributed by atoms with E-state index >= 15 is 0 Å². The standard InChI is InChI=1S/C37H42N8O4/c1-4-41-20-25(15-30(35(41)47)40-33-6-5-26(19-39-33)42-9-11-43(12-10-42)27-22-49-23-27)28-7-8-38-34(29(28)21-46)45-14-13-44-31(36(45)48)16-24-17-37(2,3)18-32(24)44/h5-8,13-16,19-20,27,46H,4,9-12,17-18,21-23H2,1-3H3,(H,39,40). The van der Waals surface area contributed by atoms with Crippen molar-refractivity contribution < 1.29 is 9.84 Å². The number of piperazine rings is 1. The molecule has 2 aliphatic heterocycles. The molecule has 0 bridgehead atoms. The van der Waals surface area contributed by atoms with Gasteiger partial charge in [0.05, 0.1) is 37.7 Å². The molecule has 0 unspecified atom stereocenters. The number of aromatic nitrogens is 5. The number of aliphatic hydroxyl groups excluding tert-OH is 1. The predicted octanol–water partition coefficient (Wildman–Crippen LogP) is 3.61. The normalized spacial score (nSPS) is 17.8. The molecule has 12 heteroatoms. The molecule has 5 aromatic heterocycles. The van der Waals surface area contributed by atoms with Crippen molar-refractivity contribution in [3.63, 3.8) is 0 Å². The quantitative estimate of drug-likeness (QED) is 0.257. The Balaban J connectivity index is 1.09. The van der Waals surface area contributed by atoms with Crippen LogP contribution < -0.4 is 21.3 Å². The van der Waals surface area contributed by atoms with E-state index in [2.05, 4.69) is 38.9 Å². The van der Waals surface area contributed by atoms with E-state index in [9.17, 15) is 14.7 Å². The second-order valence-corrected chi connectivity index (χ2v) is 14.2. The summed E-state index contributed by atoms with van der Waals surface area (Å²) in [6.07, 6.45) is 10.7. The molecule has 0 atom stereocenters. The number of aryl methyl sites for hydroxylation is 1. The smallest absolute Gasteiger partial charge is 0.280 e. The summed E-state index contributed by atoms with van der Waals surface area (Å²) < 4.78 is 10.5. The number of rotatable bonds is 8. The monoisotopic (exact) mass is 662 g/mol. The largest absolute Gasteiger partial charge is 0.392 e. The summed E-state index contributed by atoms with van der Waals surface area (Å²) in [6, 6.07) is 10.1. The molecule has 3 aliphatic rings. The van der Waals surface area contributed by atoms with Crippen molar-refractivity contribution in [3.05, 3.63) is 98.8 Å².